The molecule has 0 saturated carbocycles. The van der Waals surface area contributed by atoms with E-state index in [1.54, 1.807) is 38.1 Å². The van der Waals surface area contributed by atoms with Gasteiger partial charge in [0.15, 0.2) is 5.71 Å². The highest BCUT2D eigenvalue weighted by molar-refractivity contribution is 6.46. The fourth-order valence-corrected chi connectivity index (χ4v) is 3.83. The highest BCUT2D eigenvalue weighted by atomic mass is 16.5. The molecule has 0 aliphatic carbocycles. The van der Waals surface area contributed by atoms with Crippen molar-refractivity contribution in [1.29, 1.82) is 0 Å². The molecule has 0 N–H and O–H groups in total. The molecule has 1 saturated heterocycles. The Hall–Kier alpha value is -3.03. The summed E-state index contributed by atoms with van der Waals surface area (Å²) in [6, 6.07) is 5.99. The summed E-state index contributed by atoms with van der Waals surface area (Å²) in [6.45, 7) is 6.85. The molecule has 2 heterocycles. The number of fused-ring (bicyclic) bond motifs is 1. The number of hydrazone groups is 1. The number of imide groups is 1. The summed E-state index contributed by atoms with van der Waals surface area (Å²) in [4.78, 5) is 51.4. The number of hydrogen-bond donors (Lipinski definition) is 0. The molecule has 0 radical (unpaired) electrons. The molecular formula is C20H23N3O5. The number of anilines is 1. The third-order valence-corrected chi connectivity index (χ3v) is 5.04. The zero-order chi connectivity index (χ0) is 20.8. The number of esters is 1. The summed E-state index contributed by atoms with van der Waals surface area (Å²) < 4.78 is 4.78. The molecule has 2 amide bonds. The summed E-state index contributed by atoms with van der Waals surface area (Å²) in [5.41, 5.74) is 0.453. The monoisotopic (exact) mass is 385 g/mol. The van der Waals surface area contributed by atoms with Gasteiger partial charge in [-0.2, -0.15) is 5.10 Å². The van der Waals surface area contributed by atoms with Crippen molar-refractivity contribution in [2.24, 2.45) is 11.0 Å². The van der Waals surface area contributed by atoms with Gasteiger partial charge in [0.25, 0.3) is 5.91 Å². The van der Waals surface area contributed by atoms with E-state index in [2.05, 4.69) is 5.10 Å². The molecule has 2 aliphatic heterocycles. The van der Waals surface area contributed by atoms with E-state index in [-0.39, 0.29) is 17.9 Å². The fraction of sp³-hybridized carbons (Fsp3) is 0.450. The maximum atomic E-state index is 13.2. The Kier molecular flexibility index (Phi) is 4.82. The number of carbonyl (C=O) groups excluding carboxylic acids is 4. The number of nitrogens with zero attached hydrogens (tertiary/aromatic N) is 3. The number of amides is 2. The van der Waals surface area contributed by atoms with Crippen molar-refractivity contribution < 1.29 is 23.9 Å². The summed E-state index contributed by atoms with van der Waals surface area (Å²) in [7, 11) is 1.20. The first-order valence-corrected chi connectivity index (χ1v) is 8.98. The Bertz CT molecular complexity index is 888. The Morgan fingerprint density at radius 2 is 1.75 bits per heavy atom. The molecule has 2 aliphatic rings. The predicted molar refractivity (Wildman–Crippen MR) is 102 cm³/mol. The zero-order valence-electron chi connectivity index (χ0n) is 16.6. The van der Waals surface area contributed by atoms with Crippen LogP contribution >= 0.6 is 0 Å². The van der Waals surface area contributed by atoms with Crippen LogP contribution in [0, 0.1) is 12.8 Å². The van der Waals surface area contributed by atoms with E-state index in [1.807, 2.05) is 6.92 Å². The number of carbonyl (C=O) groups is 4. The second-order valence-electron chi connectivity index (χ2n) is 7.78. The first-order chi connectivity index (χ1) is 13.1. The number of hydrogen-bond acceptors (Lipinski definition) is 7. The number of benzene rings is 1. The lowest BCUT2D eigenvalue weighted by Crippen LogP contribution is -2.50. The van der Waals surface area contributed by atoms with E-state index >= 15 is 0 Å². The average Bonchev–Trinajstić information content (AvgIpc) is 3.13. The van der Waals surface area contributed by atoms with Crippen LogP contribution in [-0.4, -0.2) is 53.0 Å². The highest BCUT2D eigenvalue weighted by Gasteiger charge is 2.60. The van der Waals surface area contributed by atoms with Crippen molar-refractivity contribution in [3.05, 3.63) is 29.8 Å². The molecule has 3 rings (SSSR count). The molecule has 1 aromatic rings. The highest BCUT2D eigenvalue weighted by Crippen LogP contribution is 2.39. The number of methoxy groups -OCH3 is 1. The third kappa shape index (κ3) is 3.08. The van der Waals surface area contributed by atoms with Crippen LogP contribution in [0.4, 0.5) is 5.69 Å². The molecule has 148 valence electrons. The SMILES string of the molecule is COC(=O)C1=NN(C(C)(C)CC(C)=O)[C@H]2C(=O)N(c3ccc(C)cc3)C(=O)[C@@H]12. The van der Waals surface area contributed by atoms with Crippen LogP contribution < -0.4 is 4.90 Å². The molecule has 0 aromatic heterocycles. The lowest BCUT2D eigenvalue weighted by molar-refractivity contribution is -0.133. The fourth-order valence-electron chi connectivity index (χ4n) is 3.83. The smallest absolute Gasteiger partial charge is 0.355 e. The van der Waals surface area contributed by atoms with Crippen LogP contribution in [0.2, 0.25) is 0 Å². The first kappa shape index (κ1) is 19.7. The van der Waals surface area contributed by atoms with E-state index in [9.17, 15) is 19.2 Å². The third-order valence-electron chi connectivity index (χ3n) is 5.04. The Balaban J connectivity index is 2.07. The van der Waals surface area contributed by atoms with Crippen molar-refractivity contribution in [2.75, 3.05) is 12.0 Å². The Labute approximate surface area is 163 Å². The molecule has 0 spiro atoms. The van der Waals surface area contributed by atoms with E-state index in [4.69, 9.17) is 4.74 Å². The summed E-state index contributed by atoms with van der Waals surface area (Å²) in [5, 5.41) is 5.68. The summed E-state index contributed by atoms with van der Waals surface area (Å²) in [5.74, 6) is -2.91. The molecule has 1 aromatic carbocycles. The van der Waals surface area contributed by atoms with E-state index in [1.165, 1.54) is 19.0 Å². The topological polar surface area (TPSA) is 96.3 Å². The summed E-state index contributed by atoms with van der Waals surface area (Å²) >= 11 is 0. The maximum absolute atomic E-state index is 13.2. The lowest BCUT2D eigenvalue weighted by atomic mass is 9.92. The van der Waals surface area contributed by atoms with Crippen molar-refractivity contribution >= 4 is 35.0 Å². The van der Waals surface area contributed by atoms with Crippen molar-refractivity contribution in [2.45, 2.75) is 45.7 Å². The molecule has 0 bridgehead atoms. The van der Waals surface area contributed by atoms with Crippen LogP contribution in [0.5, 0.6) is 0 Å². The van der Waals surface area contributed by atoms with E-state index in [0.717, 1.165) is 10.5 Å². The predicted octanol–water partition coefficient (Wildman–Crippen LogP) is 1.46. The molecule has 8 heteroatoms. The summed E-state index contributed by atoms with van der Waals surface area (Å²) in [6.07, 6.45) is 0.111. The van der Waals surface area contributed by atoms with Crippen molar-refractivity contribution in [3.8, 4) is 0 Å². The molecule has 1 fully saturated rings. The standard InChI is InChI=1S/C20H23N3O5/c1-11-6-8-13(9-7-11)22-17(25)14-15(19(27)28-5)21-23(16(14)18(22)26)20(3,4)10-12(2)24/h6-9,14,16H,10H2,1-5H3/t14-,16+/m0/s1. The number of rotatable bonds is 5. The largest absolute Gasteiger partial charge is 0.464 e. The van der Waals surface area contributed by atoms with E-state index in [0.29, 0.717) is 5.69 Å². The average molecular weight is 385 g/mol. The maximum Gasteiger partial charge on any atom is 0.355 e. The lowest BCUT2D eigenvalue weighted by Gasteiger charge is -2.36. The van der Waals surface area contributed by atoms with E-state index < -0.39 is 35.3 Å². The van der Waals surface area contributed by atoms with Crippen LogP contribution in [-0.2, 0) is 23.9 Å². The van der Waals surface area contributed by atoms with Crippen LogP contribution in [0.3, 0.4) is 0 Å². The van der Waals surface area contributed by atoms with Gasteiger partial charge in [-0.3, -0.25) is 19.4 Å². The second-order valence-corrected chi connectivity index (χ2v) is 7.78. The van der Waals surface area contributed by atoms with Gasteiger partial charge in [-0.05, 0) is 39.8 Å². The minimum Gasteiger partial charge on any atom is -0.464 e. The second kappa shape index (κ2) is 6.85. The van der Waals surface area contributed by atoms with Crippen molar-refractivity contribution in [1.82, 2.24) is 5.01 Å². The molecule has 28 heavy (non-hydrogen) atoms. The molecule has 0 unspecified atom stereocenters. The minimum atomic E-state index is -1.06. The van der Waals surface area contributed by atoms with Gasteiger partial charge in [0.2, 0.25) is 5.91 Å². The first-order valence-electron chi connectivity index (χ1n) is 8.98. The van der Waals surface area contributed by atoms with Crippen LogP contribution in [0.1, 0.15) is 32.8 Å². The van der Waals surface area contributed by atoms with Gasteiger partial charge in [-0.25, -0.2) is 9.69 Å². The number of Topliss-reactive ketones (excluding diaryl/α,β-unsaturated/α-hetero) is 1. The number of ether oxygens (including phenoxy) is 1. The van der Waals surface area contributed by atoms with Gasteiger partial charge in [0.05, 0.1) is 18.3 Å². The van der Waals surface area contributed by atoms with Crippen molar-refractivity contribution in [3.63, 3.8) is 0 Å². The zero-order valence-corrected chi connectivity index (χ0v) is 16.6. The quantitative estimate of drug-likeness (QED) is 0.562. The minimum absolute atomic E-state index is 0.0876. The normalized spacial score (nSPS) is 21.7. The number of ketones is 1. The molecule has 8 nitrogen and oxygen atoms in total. The van der Waals surface area contributed by atoms with Crippen LogP contribution in [0.15, 0.2) is 29.4 Å². The van der Waals surface area contributed by atoms with Gasteiger partial charge < -0.3 is 4.74 Å². The molecule has 2 atom stereocenters. The Morgan fingerprint density at radius 1 is 1.14 bits per heavy atom. The molecular weight excluding hydrogens is 362 g/mol. The van der Waals surface area contributed by atoms with Gasteiger partial charge in [0.1, 0.15) is 17.7 Å². The number of aryl methyl sites for hydroxylation is 1. The van der Waals surface area contributed by atoms with Gasteiger partial charge in [0, 0.05) is 6.42 Å². The van der Waals surface area contributed by atoms with Gasteiger partial charge >= 0.3 is 5.97 Å². The van der Waals surface area contributed by atoms with Crippen LogP contribution in [0.25, 0.3) is 0 Å². The Morgan fingerprint density at radius 3 is 2.29 bits per heavy atom. The van der Waals surface area contributed by atoms with Gasteiger partial charge in [-0.1, -0.05) is 17.7 Å². The van der Waals surface area contributed by atoms with Gasteiger partial charge in [-0.15, -0.1) is 0 Å².